The number of thiophene rings is 1. The molecular formula is C19H18S. The van der Waals surface area contributed by atoms with Gasteiger partial charge in [-0.25, -0.2) is 0 Å². The van der Waals surface area contributed by atoms with Crippen LogP contribution in [0.3, 0.4) is 0 Å². The summed E-state index contributed by atoms with van der Waals surface area (Å²) in [5, 5.41) is 1.47. The Morgan fingerprint density at radius 3 is 2.45 bits per heavy atom. The molecule has 2 aromatic carbocycles. The lowest BCUT2D eigenvalue weighted by Gasteiger charge is -2.20. The Balaban J connectivity index is 1.97. The topological polar surface area (TPSA) is 0 Å². The van der Waals surface area contributed by atoms with Crippen LogP contribution in [-0.4, -0.2) is 0 Å². The fourth-order valence-corrected chi connectivity index (χ4v) is 5.18. The van der Waals surface area contributed by atoms with Gasteiger partial charge in [0.1, 0.15) is 0 Å². The first kappa shape index (κ1) is 12.2. The third kappa shape index (κ3) is 1.66. The molecular weight excluding hydrogens is 260 g/mol. The van der Waals surface area contributed by atoms with Gasteiger partial charge in [-0.1, -0.05) is 62.4 Å². The van der Waals surface area contributed by atoms with Crippen LogP contribution >= 0.6 is 11.3 Å². The van der Waals surface area contributed by atoms with Crippen molar-refractivity contribution in [1.29, 1.82) is 0 Å². The minimum atomic E-state index is 0.273. The van der Waals surface area contributed by atoms with Crippen molar-refractivity contribution in [2.24, 2.45) is 0 Å². The molecule has 1 heterocycles. The molecule has 1 atom stereocenters. The second kappa shape index (κ2) is 4.20. The molecule has 0 spiro atoms. The summed E-state index contributed by atoms with van der Waals surface area (Å²) in [7, 11) is 0. The molecule has 1 aromatic heterocycles. The van der Waals surface area contributed by atoms with Crippen LogP contribution in [0.4, 0.5) is 0 Å². The fraction of sp³-hybridized carbons (Fsp3) is 0.263. The zero-order valence-corrected chi connectivity index (χ0v) is 12.7. The Kier molecular flexibility index (Phi) is 2.55. The van der Waals surface area contributed by atoms with E-state index in [1.54, 1.807) is 10.4 Å². The zero-order valence-electron chi connectivity index (χ0n) is 11.9. The maximum atomic E-state index is 2.40. The van der Waals surface area contributed by atoms with E-state index in [0.29, 0.717) is 5.92 Å². The lowest BCUT2D eigenvalue weighted by atomic mass is 9.84. The van der Waals surface area contributed by atoms with Gasteiger partial charge in [0.15, 0.2) is 0 Å². The maximum absolute atomic E-state index is 2.40. The molecule has 0 N–H and O–H groups in total. The molecule has 0 nitrogen and oxygen atoms in total. The summed E-state index contributed by atoms with van der Waals surface area (Å²) in [6.45, 7) is 4.79. The van der Waals surface area contributed by atoms with Crippen molar-refractivity contribution in [1.82, 2.24) is 0 Å². The maximum Gasteiger partial charge on any atom is 0.0348 e. The number of hydrogen-bond donors (Lipinski definition) is 0. The van der Waals surface area contributed by atoms with E-state index in [2.05, 4.69) is 68.4 Å². The summed E-state index contributed by atoms with van der Waals surface area (Å²) in [5.41, 5.74) is 3.33. The van der Waals surface area contributed by atoms with Crippen LogP contribution in [0.2, 0.25) is 0 Å². The minimum Gasteiger partial charge on any atom is -0.139 e. The van der Waals surface area contributed by atoms with E-state index in [0.717, 1.165) is 0 Å². The molecule has 0 fully saturated rings. The van der Waals surface area contributed by atoms with Gasteiger partial charge >= 0.3 is 0 Å². The number of hydrogen-bond acceptors (Lipinski definition) is 1. The average molecular weight is 278 g/mol. The molecule has 3 aromatic rings. The van der Waals surface area contributed by atoms with E-state index in [1.165, 1.54) is 22.1 Å². The standard InChI is InChI=1S/C19H18S/c1-19(2)12-15(13-8-4-3-5-9-13)18-17(19)14-10-6-7-11-16(14)20-18/h3-11,15H,12H2,1-2H3. The minimum absolute atomic E-state index is 0.273. The van der Waals surface area contributed by atoms with Crippen LogP contribution in [0.25, 0.3) is 10.1 Å². The van der Waals surface area contributed by atoms with Crippen LogP contribution in [0.1, 0.15) is 42.2 Å². The number of fused-ring (bicyclic) bond motifs is 3. The molecule has 0 aliphatic heterocycles. The number of benzene rings is 2. The Bertz CT molecular complexity index is 765. The van der Waals surface area contributed by atoms with E-state index < -0.39 is 0 Å². The molecule has 0 bridgehead atoms. The lowest BCUT2D eigenvalue weighted by molar-refractivity contribution is 0.502. The summed E-state index contributed by atoms with van der Waals surface area (Å²) in [5.74, 6) is 0.568. The first-order valence-electron chi connectivity index (χ1n) is 7.24. The van der Waals surface area contributed by atoms with Crippen molar-refractivity contribution in [2.75, 3.05) is 0 Å². The van der Waals surface area contributed by atoms with E-state index >= 15 is 0 Å². The SMILES string of the molecule is CC1(C)CC(c2ccccc2)c2sc3ccccc3c21. The van der Waals surface area contributed by atoms with Crippen molar-refractivity contribution in [3.8, 4) is 0 Å². The van der Waals surface area contributed by atoms with Gasteiger partial charge in [0, 0.05) is 15.5 Å². The molecule has 0 saturated carbocycles. The molecule has 4 rings (SSSR count). The van der Waals surface area contributed by atoms with Gasteiger partial charge < -0.3 is 0 Å². The van der Waals surface area contributed by atoms with Crippen molar-refractivity contribution in [2.45, 2.75) is 31.6 Å². The molecule has 0 saturated heterocycles. The molecule has 1 aliphatic carbocycles. The fourth-order valence-electron chi connectivity index (χ4n) is 3.67. The average Bonchev–Trinajstić information content (AvgIpc) is 2.96. The third-order valence-corrected chi connectivity index (χ3v) is 5.82. The zero-order chi connectivity index (χ0) is 13.7. The highest BCUT2D eigenvalue weighted by molar-refractivity contribution is 7.19. The summed E-state index contributed by atoms with van der Waals surface area (Å²) >= 11 is 1.99. The molecule has 0 radical (unpaired) electrons. The van der Waals surface area contributed by atoms with Crippen LogP contribution in [0.5, 0.6) is 0 Å². The Hall–Kier alpha value is -1.60. The second-order valence-corrected chi connectivity index (χ2v) is 7.47. The van der Waals surface area contributed by atoms with E-state index in [9.17, 15) is 0 Å². The molecule has 20 heavy (non-hydrogen) atoms. The van der Waals surface area contributed by atoms with Gasteiger partial charge in [0.05, 0.1) is 0 Å². The van der Waals surface area contributed by atoms with Gasteiger partial charge in [-0.05, 0) is 34.4 Å². The Labute approximate surface area is 124 Å². The first-order valence-corrected chi connectivity index (χ1v) is 8.05. The van der Waals surface area contributed by atoms with Gasteiger partial charge in [0.25, 0.3) is 0 Å². The largest absolute Gasteiger partial charge is 0.139 e. The summed E-state index contributed by atoms with van der Waals surface area (Å²) in [6, 6.07) is 19.9. The lowest BCUT2D eigenvalue weighted by Crippen LogP contribution is -2.12. The smallest absolute Gasteiger partial charge is 0.0348 e. The predicted octanol–water partition coefficient (Wildman–Crippen LogP) is 5.71. The van der Waals surface area contributed by atoms with Crippen molar-refractivity contribution in [3.05, 3.63) is 70.6 Å². The first-order chi connectivity index (χ1) is 9.67. The highest BCUT2D eigenvalue weighted by atomic mass is 32.1. The quantitative estimate of drug-likeness (QED) is 0.534. The molecule has 1 heteroatoms. The van der Waals surface area contributed by atoms with Gasteiger partial charge in [-0.15, -0.1) is 11.3 Å². The molecule has 1 unspecified atom stereocenters. The van der Waals surface area contributed by atoms with Crippen molar-refractivity contribution < 1.29 is 0 Å². The Morgan fingerprint density at radius 2 is 1.65 bits per heavy atom. The highest BCUT2D eigenvalue weighted by Crippen LogP contribution is 2.54. The van der Waals surface area contributed by atoms with Crippen LogP contribution in [-0.2, 0) is 5.41 Å². The van der Waals surface area contributed by atoms with Gasteiger partial charge in [-0.3, -0.25) is 0 Å². The monoisotopic (exact) mass is 278 g/mol. The molecule has 0 amide bonds. The number of rotatable bonds is 1. The second-order valence-electron chi connectivity index (χ2n) is 6.39. The highest BCUT2D eigenvalue weighted by Gasteiger charge is 2.40. The third-order valence-electron chi connectivity index (χ3n) is 4.53. The predicted molar refractivity (Wildman–Crippen MR) is 87.8 cm³/mol. The summed E-state index contributed by atoms with van der Waals surface area (Å²) in [6.07, 6.45) is 1.23. The molecule has 1 aliphatic rings. The van der Waals surface area contributed by atoms with Gasteiger partial charge in [-0.2, -0.15) is 0 Å². The molecule has 100 valence electrons. The Morgan fingerprint density at radius 1 is 0.950 bits per heavy atom. The normalized spacial score (nSPS) is 20.2. The van der Waals surface area contributed by atoms with Crippen LogP contribution < -0.4 is 0 Å². The summed E-state index contributed by atoms with van der Waals surface area (Å²) in [4.78, 5) is 1.59. The van der Waals surface area contributed by atoms with E-state index in [1.807, 2.05) is 11.3 Å². The summed E-state index contributed by atoms with van der Waals surface area (Å²) < 4.78 is 1.44. The van der Waals surface area contributed by atoms with Crippen LogP contribution in [0.15, 0.2) is 54.6 Å². The van der Waals surface area contributed by atoms with E-state index in [-0.39, 0.29) is 5.41 Å². The van der Waals surface area contributed by atoms with Crippen molar-refractivity contribution >= 4 is 21.4 Å². The van der Waals surface area contributed by atoms with Crippen molar-refractivity contribution in [3.63, 3.8) is 0 Å². The van der Waals surface area contributed by atoms with Crippen LogP contribution in [0, 0.1) is 0 Å². The van der Waals surface area contributed by atoms with E-state index in [4.69, 9.17) is 0 Å². The van der Waals surface area contributed by atoms with Gasteiger partial charge in [0.2, 0.25) is 0 Å².